The molecule has 0 aliphatic heterocycles. The number of aromatic nitrogens is 2. The highest BCUT2D eigenvalue weighted by Gasteiger charge is 2.17. The number of para-hydroxylation sites is 3. The SMILES string of the molecule is O=C(O)Cn1c(SCCCCC(=O)N(Cc2ccccc2)c2ccccc2)nc2ccccc21. The molecule has 6 nitrogen and oxygen atoms in total. The van der Waals surface area contributed by atoms with E-state index in [4.69, 9.17) is 0 Å². The molecule has 0 saturated carbocycles. The minimum atomic E-state index is -0.894. The molecule has 1 N–H and O–H groups in total. The maximum absolute atomic E-state index is 13.1. The summed E-state index contributed by atoms with van der Waals surface area (Å²) in [4.78, 5) is 30.9. The summed E-state index contributed by atoms with van der Waals surface area (Å²) in [5.41, 5.74) is 3.60. The second kappa shape index (κ2) is 11.5. The van der Waals surface area contributed by atoms with Crippen LogP contribution in [0.5, 0.6) is 0 Å². The molecule has 0 bridgehead atoms. The Morgan fingerprint density at radius 2 is 1.56 bits per heavy atom. The Kier molecular flexibility index (Phi) is 7.99. The zero-order chi connectivity index (χ0) is 23.8. The normalized spacial score (nSPS) is 10.9. The molecule has 4 rings (SSSR count). The van der Waals surface area contributed by atoms with Gasteiger partial charge in [-0.3, -0.25) is 9.59 Å². The minimum absolute atomic E-state index is 0.0955. The Morgan fingerprint density at radius 3 is 2.29 bits per heavy atom. The first-order chi connectivity index (χ1) is 16.6. The van der Waals surface area contributed by atoms with E-state index in [-0.39, 0.29) is 12.5 Å². The third kappa shape index (κ3) is 6.05. The first-order valence-electron chi connectivity index (χ1n) is 11.3. The van der Waals surface area contributed by atoms with Gasteiger partial charge in [-0.25, -0.2) is 4.98 Å². The largest absolute Gasteiger partial charge is 0.480 e. The van der Waals surface area contributed by atoms with E-state index in [0.29, 0.717) is 18.1 Å². The molecule has 0 radical (unpaired) electrons. The smallest absolute Gasteiger partial charge is 0.323 e. The van der Waals surface area contributed by atoms with E-state index < -0.39 is 5.97 Å². The second-order valence-corrected chi connectivity index (χ2v) is 9.03. The third-order valence-corrected chi connectivity index (χ3v) is 6.54. The number of aliphatic carboxylic acids is 1. The number of carboxylic acid groups (broad SMARTS) is 1. The molecule has 0 aliphatic rings. The molecule has 0 fully saturated rings. The van der Waals surface area contributed by atoms with E-state index in [2.05, 4.69) is 4.98 Å². The number of anilines is 1. The van der Waals surface area contributed by atoms with Crippen LogP contribution in [-0.2, 0) is 22.7 Å². The Bertz CT molecular complexity index is 1240. The first kappa shape index (κ1) is 23.6. The lowest BCUT2D eigenvalue weighted by Crippen LogP contribution is -2.30. The standard InChI is InChI=1S/C27H27N3O3S/c31-25(29(22-13-5-2-6-14-22)19-21-11-3-1-4-12-21)17-9-10-18-34-27-28-23-15-7-8-16-24(23)30(27)20-26(32)33/h1-8,11-16H,9-10,17-20H2,(H,32,33). The van der Waals surface area contributed by atoms with Crippen molar-refractivity contribution in [2.24, 2.45) is 0 Å². The topological polar surface area (TPSA) is 75.4 Å². The molecule has 1 amide bonds. The average molecular weight is 474 g/mol. The van der Waals surface area contributed by atoms with Gasteiger partial charge in [0.05, 0.1) is 17.6 Å². The molecule has 0 saturated heterocycles. The summed E-state index contributed by atoms with van der Waals surface area (Å²) in [6, 6.07) is 27.3. The van der Waals surface area contributed by atoms with Crippen molar-refractivity contribution in [1.82, 2.24) is 9.55 Å². The summed E-state index contributed by atoms with van der Waals surface area (Å²) < 4.78 is 1.74. The van der Waals surface area contributed by atoms with Gasteiger partial charge in [0.1, 0.15) is 6.54 Å². The molecule has 174 valence electrons. The number of imidazole rings is 1. The van der Waals surface area contributed by atoms with Gasteiger partial charge in [0.2, 0.25) is 5.91 Å². The molecule has 7 heteroatoms. The van der Waals surface area contributed by atoms with Gasteiger partial charge in [-0.15, -0.1) is 0 Å². The summed E-state index contributed by atoms with van der Waals surface area (Å²) in [5.74, 6) is -0.0338. The number of fused-ring (bicyclic) bond motifs is 1. The highest BCUT2D eigenvalue weighted by atomic mass is 32.2. The molecule has 0 atom stereocenters. The number of carboxylic acids is 1. The van der Waals surface area contributed by atoms with Crippen LogP contribution in [0.4, 0.5) is 5.69 Å². The first-order valence-corrected chi connectivity index (χ1v) is 12.3. The van der Waals surface area contributed by atoms with Crippen LogP contribution in [0.25, 0.3) is 11.0 Å². The zero-order valence-corrected chi connectivity index (χ0v) is 19.7. The van der Waals surface area contributed by atoms with Crippen molar-refractivity contribution in [3.8, 4) is 0 Å². The van der Waals surface area contributed by atoms with Gasteiger partial charge < -0.3 is 14.6 Å². The van der Waals surface area contributed by atoms with Crippen LogP contribution in [0.1, 0.15) is 24.8 Å². The number of benzene rings is 3. The van der Waals surface area contributed by atoms with Crippen molar-refractivity contribution in [2.75, 3.05) is 10.7 Å². The van der Waals surface area contributed by atoms with Gasteiger partial charge in [0.15, 0.2) is 5.16 Å². The van der Waals surface area contributed by atoms with E-state index in [1.807, 2.05) is 89.8 Å². The lowest BCUT2D eigenvalue weighted by molar-refractivity contribution is -0.137. The van der Waals surface area contributed by atoms with Gasteiger partial charge in [-0.2, -0.15) is 0 Å². The molecular weight excluding hydrogens is 446 g/mol. The fourth-order valence-corrected chi connectivity index (χ4v) is 4.84. The van der Waals surface area contributed by atoms with Crippen molar-refractivity contribution in [1.29, 1.82) is 0 Å². The van der Waals surface area contributed by atoms with E-state index in [0.717, 1.165) is 40.9 Å². The molecule has 0 aliphatic carbocycles. The van der Waals surface area contributed by atoms with Gasteiger partial charge in [0.25, 0.3) is 0 Å². The van der Waals surface area contributed by atoms with Gasteiger partial charge in [0, 0.05) is 17.9 Å². The van der Waals surface area contributed by atoms with E-state index >= 15 is 0 Å². The van der Waals surface area contributed by atoms with Crippen LogP contribution >= 0.6 is 11.8 Å². The summed E-state index contributed by atoms with van der Waals surface area (Å²) in [6.45, 7) is 0.421. The fraction of sp³-hybridized carbons (Fsp3) is 0.222. The lowest BCUT2D eigenvalue weighted by Gasteiger charge is -2.23. The Balaban J connectivity index is 1.34. The lowest BCUT2D eigenvalue weighted by atomic mass is 10.1. The maximum Gasteiger partial charge on any atom is 0.323 e. The van der Waals surface area contributed by atoms with Crippen LogP contribution in [-0.4, -0.2) is 32.3 Å². The molecule has 0 unspecified atom stereocenters. The number of rotatable bonds is 11. The average Bonchev–Trinajstić information content (AvgIpc) is 3.20. The number of thioether (sulfide) groups is 1. The molecule has 1 heterocycles. The summed E-state index contributed by atoms with van der Waals surface area (Å²) in [6.07, 6.45) is 2.04. The van der Waals surface area contributed by atoms with Crippen LogP contribution in [0, 0.1) is 0 Å². The fourth-order valence-electron chi connectivity index (χ4n) is 3.83. The summed E-state index contributed by atoms with van der Waals surface area (Å²) >= 11 is 1.54. The molecule has 4 aromatic rings. The van der Waals surface area contributed by atoms with Gasteiger partial charge in [-0.05, 0) is 42.7 Å². The number of nitrogens with zero attached hydrogens (tertiary/aromatic N) is 3. The monoisotopic (exact) mass is 473 g/mol. The van der Waals surface area contributed by atoms with Crippen molar-refractivity contribution >= 4 is 40.4 Å². The predicted molar refractivity (Wildman–Crippen MR) is 136 cm³/mol. The second-order valence-electron chi connectivity index (χ2n) is 7.97. The van der Waals surface area contributed by atoms with Crippen LogP contribution in [0.15, 0.2) is 90.1 Å². The van der Waals surface area contributed by atoms with Crippen LogP contribution in [0.3, 0.4) is 0 Å². The Labute approximate surface area is 203 Å². The van der Waals surface area contributed by atoms with E-state index in [1.165, 1.54) is 11.8 Å². The highest BCUT2D eigenvalue weighted by Crippen LogP contribution is 2.25. The number of unbranched alkanes of at least 4 members (excludes halogenated alkanes) is 1. The van der Waals surface area contributed by atoms with E-state index in [9.17, 15) is 14.7 Å². The number of carbonyl (C=O) groups is 2. The van der Waals surface area contributed by atoms with Gasteiger partial charge >= 0.3 is 5.97 Å². The van der Waals surface area contributed by atoms with Crippen molar-refractivity contribution in [2.45, 2.75) is 37.5 Å². The molecule has 0 spiro atoms. The quantitative estimate of drug-likeness (QED) is 0.226. The number of hydrogen-bond donors (Lipinski definition) is 1. The number of hydrogen-bond acceptors (Lipinski definition) is 4. The van der Waals surface area contributed by atoms with Crippen molar-refractivity contribution in [3.05, 3.63) is 90.5 Å². The molecule has 3 aromatic carbocycles. The van der Waals surface area contributed by atoms with Crippen molar-refractivity contribution in [3.63, 3.8) is 0 Å². The van der Waals surface area contributed by atoms with Gasteiger partial charge in [-0.1, -0.05) is 72.4 Å². The highest BCUT2D eigenvalue weighted by molar-refractivity contribution is 7.99. The maximum atomic E-state index is 13.1. The zero-order valence-electron chi connectivity index (χ0n) is 18.8. The molecular formula is C27H27N3O3S. The van der Waals surface area contributed by atoms with Crippen molar-refractivity contribution < 1.29 is 14.7 Å². The predicted octanol–water partition coefficient (Wildman–Crippen LogP) is 5.62. The van der Waals surface area contributed by atoms with Crippen LogP contribution < -0.4 is 4.90 Å². The Hall–Kier alpha value is -3.58. The Morgan fingerprint density at radius 1 is 0.882 bits per heavy atom. The molecule has 34 heavy (non-hydrogen) atoms. The van der Waals surface area contributed by atoms with Crippen LogP contribution in [0.2, 0.25) is 0 Å². The summed E-state index contributed by atoms with van der Waals surface area (Å²) in [7, 11) is 0. The number of amides is 1. The van der Waals surface area contributed by atoms with E-state index in [1.54, 1.807) is 4.57 Å². The third-order valence-electron chi connectivity index (χ3n) is 5.48. The summed E-state index contributed by atoms with van der Waals surface area (Å²) in [5, 5.41) is 9.99. The minimum Gasteiger partial charge on any atom is -0.480 e. The number of carbonyl (C=O) groups excluding carboxylic acids is 1. The molecule has 1 aromatic heterocycles.